The maximum atomic E-state index is 12.2. The monoisotopic (exact) mass is 594 g/mol. The number of carbonyl (C=O) groups is 2. The van der Waals surface area contributed by atoms with E-state index in [1.165, 1.54) is 51.4 Å². The average molecular weight is 595 g/mol. The van der Waals surface area contributed by atoms with Gasteiger partial charge in [-0.1, -0.05) is 77.6 Å². The minimum Gasteiger partial charge on any atom is -0.447 e. The van der Waals surface area contributed by atoms with Crippen LogP contribution < -0.4 is 27.4 Å². The topological polar surface area (TPSA) is 200 Å². The molecule has 3 rings (SSSR count). The number of carbonyl (C=O) groups excluding carboxylic acids is 2. The normalized spacial score (nSPS) is 23.8. The Labute approximate surface area is 250 Å². The molecule has 1 fully saturated rings. The van der Waals surface area contributed by atoms with Crippen LogP contribution in [0.5, 0.6) is 0 Å². The molecule has 1 saturated heterocycles. The summed E-state index contributed by atoms with van der Waals surface area (Å²) < 4.78 is 5.36. The van der Waals surface area contributed by atoms with Gasteiger partial charge < -0.3 is 47.3 Å². The van der Waals surface area contributed by atoms with Gasteiger partial charge in [0.1, 0.15) is 18.7 Å². The second-order valence-electron chi connectivity index (χ2n) is 11.8. The highest BCUT2D eigenvalue weighted by molar-refractivity contribution is 5.87. The molecule has 0 saturated carbocycles. The van der Waals surface area contributed by atoms with Gasteiger partial charge in [0, 0.05) is 32.5 Å². The van der Waals surface area contributed by atoms with Crippen LogP contribution in [0.15, 0.2) is 9.98 Å². The van der Waals surface area contributed by atoms with Crippen molar-refractivity contribution in [2.45, 2.75) is 133 Å². The number of rotatable bonds is 20. The summed E-state index contributed by atoms with van der Waals surface area (Å²) in [6, 6.07) is -1.51. The zero-order chi connectivity index (χ0) is 30.4. The van der Waals surface area contributed by atoms with Gasteiger partial charge in [0.2, 0.25) is 11.7 Å². The fourth-order valence-corrected chi connectivity index (χ4v) is 6.15. The van der Waals surface area contributed by atoms with Gasteiger partial charge >= 0.3 is 6.09 Å². The van der Waals surface area contributed by atoms with Crippen molar-refractivity contribution in [3.8, 4) is 0 Å². The van der Waals surface area contributed by atoms with Crippen molar-refractivity contribution < 1.29 is 24.5 Å². The van der Waals surface area contributed by atoms with Crippen molar-refractivity contribution in [3.63, 3.8) is 0 Å². The fraction of sp³-hybridized carbons (Fsp3) is 0.862. The van der Waals surface area contributed by atoms with E-state index in [0.717, 1.165) is 38.5 Å². The van der Waals surface area contributed by atoms with E-state index in [0.29, 0.717) is 19.5 Å². The van der Waals surface area contributed by atoms with Crippen molar-refractivity contribution in [2.24, 2.45) is 21.5 Å². The Morgan fingerprint density at radius 3 is 2.19 bits per heavy atom. The molecule has 42 heavy (non-hydrogen) atoms. The predicted octanol–water partition coefficient (Wildman–Crippen LogP) is 1.77. The van der Waals surface area contributed by atoms with Gasteiger partial charge in [0.25, 0.3) is 0 Å². The number of guanidine groups is 2. The van der Waals surface area contributed by atoms with Gasteiger partial charge in [-0.05, 0) is 19.3 Å². The van der Waals surface area contributed by atoms with E-state index < -0.39 is 29.6 Å². The number of amides is 2. The van der Waals surface area contributed by atoms with E-state index in [9.17, 15) is 19.8 Å². The number of unbranched alkanes of at least 4 members (excludes halogenated alkanes) is 12. The van der Waals surface area contributed by atoms with Crippen molar-refractivity contribution >= 4 is 23.9 Å². The van der Waals surface area contributed by atoms with E-state index in [-0.39, 0.29) is 37.4 Å². The smallest absolute Gasteiger partial charge is 0.407 e. The summed E-state index contributed by atoms with van der Waals surface area (Å²) in [5.74, 6) is -1.84. The van der Waals surface area contributed by atoms with E-state index in [1.54, 1.807) is 4.90 Å². The van der Waals surface area contributed by atoms with Crippen molar-refractivity contribution in [2.75, 3.05) is 26.2 Å². The van der Waals surface area contributed by atoms with Crippen LogP contribution in [0.4, 0.5) is 4.79 Å². The molecule has 0 aromatic carbocycles. The highest BCUT2D eigenvalue weighted by atomic mass is 16.5. The maximum Gasteiger partial charge on any atom is 0.407 e. The maximum absolute atomic E-state index is 12.2. The van der Waals surface area contributed by atoms with Crippen molar-refractivity contribution in [3.05, 3.63) is 0 Å². The van der Waals surface area contributed by atoms with E-state index in [1.807, 2.05) is 0 Å². The number of hydrogen-bond acceptors (Lipinski definition) is 11. The first-order chi connectivity index (χ1) is 20.2. The highest BCUT2D eigenvalue weighted by Gasteiger charge is 2.69. The molecule has 3 atom stereocenters. The number of nitrogens with zero attached hydrogens (tertiary/aromatic N) is 3. The lowest BCUT2D eigenvalue weighted by Crippen LogP contribution is -2.76. The van der Waals surface area contributed by atoms with Crippen LogP contribution in [0.1, 0.15) is 110 Å². The average Bonchev–Trinajstić information content (AvgIpc) is 3.45. The number of nitrogens with two attached hydrogens (primary N) is 2. The molecule has 0 radical (unpaired) electrons. The number of ether oxygens (including phenoxy) is 1. The second kappa shape index (κ2) is 16.7. The Bertz CT molecular complexity index is 930. The summed E-state index contributed by atoms with van der Waals surface area (Å²) >= 11 is 0. The van der Waals surface area contributed by atoms with Gasteiger partial charge in [0.15, 0.2) is 17.6 Å². The largest absolute Gasteiger partial charge is 0.447 e. The lowest BCUT2D eigenvalue weighted by atomic mass is 9.87. The number of nitrogens with one attached hydrogen (secondary N) is 3. The first kappa shape index (κ1) is 33.7. The van der Waals surface area contributed by atoms with E-state index >= 15 is 0 Å². The quantitative estimate of drug-likeness (QED) is 0.0810. The van der Waals surface area contributed by atoms with Crippen molar-refractivity contribution in [1.29, 1.82) is 0 Å². The molecule has 2 amide bonds. The molecule has 1 spiro atoms. The van der Waals surface area contributed by atoms with E-state index in [4.69, 9.17) is 16.2 Å². The summed E-state index contributed by atoms with van der Waals surface area (Å²) in [7, 11) is 0. The van der Waals surface area contributed by atoms with Gasteiger partial charge in [0.05, 0.1) is 0 Å². The first-order valence-electron chi connectivity index (χ1n) is 16.1. The third kappa shape index (κ3) is 9.10. The predicted molar refractivity (Wildman–Crippen MR) is 162 cm³/mol. The Balaban J connectivity index is 1.18. The van der Waals surface area contributed by atoms with Crippen LogP contribution in [-0.4, -0.2) is 88.8 Å². The molecule has 0 bridgehead atoms. The summed E-state index contributed by atoms with van der Waals surface area (Å²) in [6.45, 7) is 3.52. The molecular weight excluding hydrogens is 540 g/mol. The molecule has 9 N–H and O–H groups in total. The van der Waals surface area contributed by atoms with Crippen LogP contribution >= 0.6 is 0 Å². The zero-order valence-corrected chi connectivity index (χ0v) is 25.4. The number of aliphatic imine (C=N–C) groups is 2. The van der Waals surface area contributed by atoms with Gasteiger partial charge in [-0.15, -0.1) is 0 Å². The Morgan fingerprint density at radius 2 is 1.52 bits per heavy atom. The summed E-state index contributed by atoms with van der Waals surface area (Å²) in [5.41, 5.74) is 10.5. The second-order valence-corrected chi connectivity index (χ2v) is 11.8. The number of aliphatic hydroxyl groups is 2. The summed E-state index contributed by atoms with van der Waals surface area (Å²) in [4.78, 5) is 34.5. The fourth-order valence-electron chi connectivity index (χ4n) is 6.15. The molecule has 3 heterocycles. The minimum atomic E-state index is -2.14. The Kier molecular flexibility index (Phi) is 13.4. The van der Waals surface area contributed by atoms with Crippen LogP contribution in [0, 0.1) is 0 Å². The van der Waals surface area contributed by atoms with Gasteiger partial charge in [-0.3, -0.25) is 4.79 Å². The Hall–Kier alpha value is -2.80. The van der Waals surface area contributed by atoms with Crippen LogP contribution in [-0.2, 0) is 9.53 Å². The first-order valence-corrected chi connectivity index (χ1v) is 16.1. The molecule has 13 nitrogen and oxygen atoms in total. The molecule has 3 aliphatic rings. The molecule has 0 aliphatic carbocycles. The lowest BCUT2D eigenvalue weighted by Gasteiger charge is -2.48. The molecule has 0 aromatic rings. The summed E-state index contributed by atoms with van der Waals surface area (Å²) in [5, 5.41) is 30.0. The zero-order valence-electron chi connectivity index (χ0n) is 25.4. The highest BCUT2D eigenvalue weighted by Crippen LogP contribution is 2.44. The number of alkyl carbamates (subject to hydrolysis) is 1. The minimum absolute atomic E-state index is 0.0371. The van der Waals surface area contributed by atoms with Crippen LogP contribution in [0.3, 0.4) is 0 Å². The molecular formula is C29H54N8O5. The summed E-state index contributed by atoms with van der Waals surface area (Å²) in [6.07, 6.45) is 16.3. The van der Waals surface area contributed by atoms with E-state index in [2.05, 4.69) is 32.9 Å². The standard InChI is InChI=1S/C29H54N8O5/c1-2-3-4-5-6-7-8-9-10-13-16-23(38)32-18-14-11-12-15-19-33-27(39)42-21-22-24-29(36-25(30)35-24)28(40,41)17-20-37(29)26(31)34-22/h22,24,40-41H,2-21H2,1H3,(H2,31,34)(H,32,38)(H,33,39)(H3,30,35,36)/t22-,24-,29-/m0/s1. The number of hydrogen-bond donors (Lipinski definition) is 7. The third-order valence-corrected chi connectivity index (χ3v) is 8.52. The Morgan fingerprint density at radius 1 is 0.929 bits per heavy atom. The molecule has 0 unspecified atom stereocenters. The molecule has 0 aromatic heterocycles. The van der Waals surface area contributed by atoms with Gasteiger partial charge in [-0.2, -0.15) is 0 Å². The SMILES string of the molecule is CCCCCCCCCCCCC(=O)NCCCCCCNC(=O)OC[C@@H]1N=C(N)N2CCC(O)(O)[C@@]23NC(N)=N[C@@H]13. The van der Waals surface area contributed by atoms with Crippen molar-refractivity contribution in [1.82, 2.24) is 20.9 Å². The molecule has 3 aliphatic heterocycles. The van der Waals surface area contributed by atoms with Crippen LogP contribution in [0.25, 0.3) is 0 Å². The molecule has 240 valence electrons. The molecule has 13 heteroatoms. The lowest BCUT2D eigenvalue weighted by molar-refractivity contribution is -0.221. The van der Waals surface area contributed by atoms with Crippen LogP contribution in [0.2, 0.25) is 0 Å². The third-order valence-electron chi connectivity index (χ3n) is 8.52. The van der Waals surface area contributed by atoms with Gasteiger partial charge in [-0.25, -0.2) is 14.8 Å².